The van der Waals surface area contributed by atoms with Gasteiger partial charge in [0.15, 0.2) is 0 Å². The third-order valence-electron chi connectivity index (χ3n) is 13.2. The van der Waals surface area contributed by atoms with Crippen LogP contribution in [0.2, 0.25) is 0 Å². The normalized spacial score (nSPS) is 13.7. The van der Waals surface area contributed by atoms with Crippen LogP contribution < -0.4 is 15.5 Å². The van der Waals surface area contributed by atoms with Crippen molar-refractivity contribution in [3.63, 3.8) is 0 Å². The van der Waals surface area contributed by atoms with E-state index in [2.05, 4.69) is 195 Å². The van der Waals surface area contributed by atoms with Crippen LogP contribution >= 0.6 is 0 Å². The van der Waals surface area contributed by atoms with Crippen LogP contribution in [-0.4, -0.2) is 4.98 Å². The summed E-state index contributed by atoms with van der Waals surface area (Å²) in [5.41, 5.74) is 27.8. The van der Waals surface area contributed by atoms with Crippen LogP contribution in [0.15, 0.2) is 204 Å². The fourth-order valence-corrected chi connectivity index (χ4v) is 9.84. The Hall–Kier alpha value is -7.89. The van der Waals surface area contributed by atoms with Crippen LogP contribution in [0.4, 0.5) is 28.4 Å². The van der Waals surface area contributed by atoms with E-state index in [9.17, 15) is 0 Å². The zero-order valence-electron chi connectivity index (χ0n) is 38.3. The van der Waals surface area contributed by atoms with Crippen LogP contribution in [0.25, 0.3) is 55.4 Å². The lowest BCUT2D eigenvalue weighted by atomic mass is 9.98. The molecule has 2 aromatic heterocycles. The fourth-order valence-electron chi connectivity index (χ4n) is 9.84. The van der Waals surface area contributed by atoms with Crippen molar-refractivity contribution >= 4 is 50.3 Å². The van der Waals surface area contributed by atoms with Crippen molar-refractivity contribution in [1.82, 2.24) is 4.98 Å². The maximum absolute atomic E-state index is 6.69. The van der Waals surface area contributed by atoms with Gasteiger partial charge in [-0.05, 0) is 140 Å². The van der Waals surface area contributed by atoms with E-state index in [1.54, 1.807) is 0 Å². The summed E-state index contributed by atoms with van der Waals surface area (Å²) in [6.07, 6.45) is 26.4. The Morgan fingerprint density at radius 1 is 0.576 bits per heavy atom. The summed E-state index contributed by atoms with van der Waals surface area (Å²) < 4.78 is 6.69. The molecule has 324 valence electrons. The lowest BCUT2D eigenvalue weighted by molar-refractivity contribution is 0.627. The first kappa shape index (κ1) is 42.1. The quantitative estimate of drug-likeness (QED) is 0.154. The van der Waals surface area contributed by atoms with Gasteiger partial charge in [-0.3, -0.25) is 4.98 Å². The number of pyridine rings is 1. The van der Waals surface area contributed by atoms with Gasteiger partial charge in [-0.25, -0.2) is 0 Å². The summed E-state index contributed by atoms with van der Waals surface area (Å²) in [5, 5.41) is 2.34. The first-order valence-corrected chi connectivity index (χ1v) is 23.2. The molecule has 0 bridgehead atoms. The van der Waals surface area contributed by atoms with Crippen molar-refractivity contribution in [2.45, 2.75) is 53.9 Å². The zero-order valence-corrected chi connectivity index (χ0v) is 38.3. The minimum Gasteiger partial charge on any atom is -0.455 e. The first-order chi connectivity index (χ1) is 32.4. The van der Waals surface area contributed by atoms with Gasteiger partial charge in [0.25, 0.3) is 0 Å². The maximum atomic E-state index is 6.69. The van der Waals surface area contributed by atoms with E-state index >= 15 is 0 Å². The summed E-state index contributed by atoms with van der Waals surface area (Å²) in [4.78, 5) is 9.62. The lowest BCUT2D eigenvalue weighted by Crippen LogP contribution is -2.17. The number of fused-ring (bicyclic) bond motifs is 6. The molecule has 66 heavy (non-hydrogen) atoms. The largest absolute Gasteiger partial charge is 0.455 e. The van der Waals surface area contributed by atoms with Gasteiger partial charge in [0.05, 0.1) is 11.2 Å². The van der Waals surface area contributed by atoms with Gasteiger partial charge >= 0.3 is 0 Å². The highest BCUT2D eigenvalue weighted by atomic mass is 16.3. The summed E-state index contributed by atoms with van der Waals surface area (Å²) in [5.74, 6) is 0.816. The Morgan fingerprint density at radius 3 is 2.06 bits per heavy atom. The predicted octanol–water partition coefficient (Wildman–Crippen LogP) is 16.5. The molecule has 0 atom stereocenters. The average molecular weight is 859 g/mol. The highest BCUT2D eigenvalue weighted by Crippen LogP contribution is 2.47. The summed E-state index contributed by atoms with van der Waals surface area (Å²) in [6, 6.07) is 43.4. The number of nitrogens with two attached hydrogens (primary N) is 1. The number of para-hydroxylation sites is 2. The summed E-state index contributed by atoms with van der Waals surface area (Å²) in [7, 11) is 0. The van der Waals surface area contributed by atoms with Crippen LogP contribution in [0.5, 0.6) is 0 Å². The Balaban J connectivity index is 0.00000252. The van der Waals surface area contributed by atoms with Crippen molar-refractivity contribution in [3.05, 3.63) is 227 Å². The van der Waals surface area contributed by atoms with Crippen LogP contribution in [0, 0.1) is 20.8 Å². The predicted molar refractivity (Wildman–Crippen MR) is 280 cm³/mol. The number of furan rings is 1. The van der Waals surface area contributed by atoms with E-state index in [1.165, 1.54) is 44.6 Å². The van der Waals surface area contributed by atoms with Crippen LogP contribution in [0.1, 0.15) is 54.5 Å². The van der Waals surface area contributed by atoms with Crippen molar-refractivity contribution in [1.29, 1.82) is 0 Å². The van der Waals surface area contributed by atoms with Crippen LogP contribution in [0.3, 0.4) is 0 Å². The highest BCUT2D eigenvalue weighted by Gasteiger charge is 2.27. The number of nitrogen functional groups attached to an aromatic ring is 1. The molecule has 0 radical (unpaired) electrons. The molecular weight excluding hydrogens is 805 g/mol. The van der Waals surface area contributed by atoms with Crippen LogP contribution in [-0.2, 0) is 6.42 Å². The minimum absolute atomic E-state index is 0.706. The number of aryl methyl sites for hydroxylation is 2. The number of hydrogen-bond donors (Lipinski definition) is 1. The van der Waals surface area contributed by atoms with Gasteiger partial charge in [0.2, 0.25) is 0 Å². The lowest BCUT2D eigenvalue weighted by Gasteiger charge is -2.30. The molecule has 0 saturated heterocycles. The van der Waals surface area contributed by atoms with Gasteiger partial charge in [0.1, 0.15) is 11.3 Å². The molecular formula is C61H54N4O. The molecule has 8 aromatic rings. The van der Waals surface area contributed by atoms with Gasteiger partial charge in [-0.2, -0.15) is 0 Å². The second kappa shape index (κ2) is 17.9. The number of aromatic nitrogens is 1. The first-order valence-electron chi connectivity index (χ1n) is 23.2. The molecule has 5 heteroatoms. The highest BCUT2D eigenvalue weighted by molar-refractivity contribution is 5.96. The molecule has 0 amide bonds. The average Bonchev–Trinajstić information content (AvgIpc) is 3.60. The molecule has 3 aliphatic carbocycles. The Morgan fingerprint density at radius 2 is 1.27 bits per heavy atom. The molecule has 2 heterocycles. The van der Waals surface area contributed by atoms with Gasteiger partial charge < -0.3 is 20.0 Å². The molecule has 0 aliphatic heterocycles. The van der Waals surface area contributed by atoms with Gasteiger partial charge in [-0.15, -0.1) is 0 Å². The zero-order chi connectivity index (χ0) is 45.3. The monoisotopic (exact) mass is 858 g/mol. The third kappa shape index (κ3) is 7.46. The molecule has 0 fully saturated rings. The molecule has 3 aliphatic rings. The van der Waals surface area contributed by atoms with E-state index in [4.69, 9.17) is 15.1 Å². The summed E-state index contributed by atoms with van der Waals surface area (Å²) in [6.45, 7) is 10.6. The maximum Gasteiger partial charge on any atom is 0.140 e. The fraction of sp³-hybridized carbons (Fsp3) is 0.131. The van der Waals surface area contributed by atoms with Crippen molar-refractivity contribution in [2.24, 2.45) is 0 Å². The number of benzene rings is 6. The van der Waals surface area contributed by atoms with Crippen molar-refractivity contribution in [2.75, 3.05) is 15.5 Å². The van der Waals surface area contributed by atoms with E-state index in [-0.39, 0.29) is 0 Å². The number of rotatable bonds is 8. The smallest absolute Gasteiger partial charge is 0.140 e. The third-order valence-corrected chi connectivity index (χ3v) is 13.2. The Labute approximate surface area is 388 Å². The molecule has 2 N–H and O–H groups in total. The molecule has 5 nitrogen and oxygen atoms in total. The Bertz CT molecular complexity index is 3340. The number of allylic oxidation sites excluding steroid dienone is 10. The standard InChI is InChI=1S/C59H48N4O.C2H6/c1-38-51-36-52-49-20-13-15-23-55(49)61-37-53(52)48(51)33-35-56(38)62(43-16-8-4-5-9-17-43)45-28-24-41(25-29-45)42-26-30-46(31-27-42)63(44-18-10-6-7-11-19-44)57-34-32-47-39(2)58(64-59(47)40(57)3)50-21-12-14-22-54(50)60;1-2/h4-10,12-16,18-35,37H,11,17,36,60H2,1-3H3;1-2H3. The topological polar surface area (TPSA) is 58.5 Å². The molecule has 0 saturated carbocycles. The minimum atomic E-state index is 0.706. The number of anilines is 5. The van der Waals surface area contributed by atoms with E-state index < -0.39 is 0 Å². The van der Waals surface area contributed by atoms with Crippen molar-refractivity contribution in [3.8, 4) is 33.6 Å². The number of hydrogen-bond acceptors (Lipinski definition) is 5. The van der Waals surface area contributed by atoms with E-state index in [0.29, 0.717) is 5.69 Å². The van der Waals surface area contributed by atoms with Crippen molar-refractivity contribution < 1.29 is 4.42 Å². The summed E-state index contributed by atoms with van der Waals surface area (Å²) >= 11 is 0. The molecule has 11 rings (SSSR count). The molecule has 6 aromatic carbocycles. The molecule has 0 unspecified atom stereocenters. The van der Waals surface area contributed by atoms with Gasteiger partial charge in [-0.1, -0.05) is 123 Å². The van der Waals surface area contributed by atoms with E-state index in [0.717, 1.165) is 92.1 Å². The Kier molecular flexibility index (Phi) is 11.4. The molecule has 0 spiro atoms. The second-order valence-electron chi connectivity index (χ2n) is 16.9. The van der Waals surface area contributed by atoms with E-state index in [1.807, 2.05) is 38.1 Å². The second-order valence-corrected chi connectivity index (χ2v) is 16.9. The SMILES string of the molecule is CC.Cc1c(N(C2=CC=CC=CC2)c2ccc(-c3ccc(N(C4=CCC=CC=C4)c4ccc5c(C)c(-c6ccccc6N)oc5c4C)cc3)cc2)ccc2c1Cc1c-2cnc2ccccc12. The number of nitrogens with zero attached hydrogens (tertiary/aromatic N) is 3. The van der Waals surface area contributed by atoms with Gasteiger partial charge in [0, 0.05) is 79.8 Å².